The molecule has 0 spiro atoms. The number of amides is 1. The van der Waals surface area contributed by atoms with Gasteiger partial charge in [0.1, 0.15) is 5.75 Å². The number of rotatable bonds is 9. The number of aliphatic hydroxyl groups excluding tert-OH is 1. The van der Waals surface area contributed by atoms with E-state index in [9.17, 15) is 9.90 Å². The van der Waals surface area contributed by atoms with Crippen molar-refractivity contribution in [2.24, 2.45) is 0 Å². The van der Waals surface area contributed by atoms with Gasteiger partial charge >= 0.3 is 0 Å². The number of carbonyl (C=O) groups excluding carboxylic acids is 1. The lowest BCUT2D eigenvalue weighted by Gasteiger charge is -2.39. The average Bonchev–Trinajstić information content (AvgIpc) is 2.94. The molecule has 6 heteroatoms. The second kappa shape index (κ2) is 11.5. The highest BCUT2D eigenvalue weighted by molar-refractivity contribution is 5.84. The number of nitrogens with zero attached hydrogens (tertiary/aromatic N) is 3. The fraction of sp³-hybridized carbons (Fsp3) is 0.290. The van der Waals surface area contributed by atoms with Crippen LogP contribution in [-0.2, 0) is 17.9 Å². The lowest BCUT2D eigenvalue weighted by molar-refractivity contribution is -0.137. The summed E-state index contributed by atoms with van der Waals surface area (Å²) in [6, 6.07) is 28.4. The normalized spacial score (nSPS) is 16.8. The van der Waals surface area contributed by atoms with Crippen molar-refractivity contribution in [1.29, 1.82) is 0 Å². The van der Waals surface area contributed by atoms with E-state index in [0.717, 1.165) is 36.0 Å². The molecule has 1 amide bonds. The molecule has 1 aromatic heterocycles. The maximum absolute atomic E-state index is 13.3. The van der Waals surface area contributed by atoms with Crippen LogP contribution in [0.15, 0.2) is 91.1 Å². The Morgan fingerprint density at radius 1 is 1.00 bits per heavy atom. The van der Waals surface area contributed by atoms with Crippen LogP contribution < -0.4 is 4.74 Å². The molecule has 5 rings (SSSR count). The average molecular weight is 496 g/mol. The number of piperidine rings is 1. The fourth-order valence-corrected chi connectivity index (χ4v) is 5.19. The van der Waals surface area contributed by atoms with Gasteiger partial charge < -0.3 is 14.7 Å². The van der Waals surface area contributed by atoms with Gasteiger partial charge in [-0.2, -0.15) is 0 Å². The molecule has 0 aliphatic carbocycles. The maximum Gasteiger partial charge on any atom is 0.224 e. The molecule has 0 saturated carbocycles. The third-order valence-electron chi connectivity index (χ3n) is 7.20. The number of ether oxygens (including phenoxy) is 1. The van der Waals surface area contributed by atoms with Crippen LogP contribution in [0.3, 0.4) is 0 Å². The quantitative estimate of drug-likeness (QED) is 0.355. The molecule has 4 aromatic rings. The van der Waals surface area contributed by atoms with Crippen molar-refractivity contribution in [3.8, 4) is 5.75 Å². The van der Waals surface area contributed by atoms with Crippen molar-refractivity contribution in [3.05, 3.63) is 108 Å². The number of aliphatic hydroxyl groups is 1. The van der Waals surface area contributed by atoms with Crippen molar-refractivity contribution in [2.45, 2.75) is 38.1 Å². The SMILES string of the molecule is COc1ccc2nccc([C@@H](O)CN3CCC(N(Cc4ccccc4)Cc4ccccc4)CC3=O)c2c1. The Bertz CT molecular complexity index is 1290. The third kappa shape index (κ3) is 5.98. The number of β-amino-alcohol motifs (C(OH)–C–C–N with tert-alkyl or cyclic N) is 1. The van der Waals surface area contributed by atoms with Crippen LogP contribution in [-0.4, -0.2) is 52.0 Å². The van der Waals surface area contributed by atoms with Gasteiger partial charge in [0.15, 0.2) is 0 Å². The highest BCUT2D eigenvalue weighted by Crippen LogP contribution is 2.29. The van der Waals surface area contributed by atoms with Gasteiger partial charge in [0.05, 0.1) is 25.3 Å². The number of fused-ring (bicyclic) bond motifs is 1. The van der Waals surface area contributed by atoms with Crippen LogP contribution in [0.25, 0.3) is 10.9 Å². The second-order valence-corrected chi connectivity index (χ2v) is 9.66. The summed E-state index contributed by atoms with van der Waals surface area (Å²) in [7, 11) is 1.62. The summed E-state index contributed by atoms with van der Waals surface area (Å²) < 4.78 is 5.36. The summed E-state index contributed by atoms with van der Waals surface area (Å²) in [5.74, 6) is 0.792. The Labute approximate surface area is 218 Å². The standard InChI is InChI=1S/C31H33N3O3/c1-37-26-12-13-29-28(19-26)27(14-16-32-29)30(35)22-33-17-15-25(18-31(33)36)34(20-23-8-4-2-5-9-23)21-24-10-6-3-7-11-24/h2-14,16,19,25,30,35H,15,17-18,20-22H2,1H3/t25?,30-/m0/s1. The second-order valence-electron chi connectivity index (χ2n) is 9.66. The monoisotopic (exact) mass is 495 g/mol. The van der Waals surface area contributed by atoms with E-state index in [1.54, 1.807) is 18.2 Å². The molecule has 1 aliphatic heterocycles. The first-order valence-electron chi connectivity index (χ1n) is 12.8. The van der Waals surface area contributed by atoms with E-state index in [-0.39, 0.29) is 18.5 Å². The van der Waals surface area contributed by atoms with Gasteiger partial charge in [-0.15, -0.1) is 0 Å². The first-order chi connectivity index (χ1) is 18.1. The van der Waals surface area contributed by atoms with Crippen LogP contribution in [0, 0.1) is 0 Å². The van der Waals surface area contributed by atoms with Gasteiger partial charge in [-0.3, -0.25) is 14.7 Å². The number of aromatic nitrogens is 1. The Kier molecular flexibility index (Phi) is 7.78. The van der Waals surface area contributed by atoms with Crippen LogP contribution in [0.2, 0.25) is 0 Å². The Balaban J connectivity index is 1.29. The first-order valence-corrected chi connectivity index (χ1v) is 12.8. The minimum absolute atomic E-state index is 0.0809. The number of pyridine rings is 1. The number of benzene rings is 3. The number of hydrogen-bond acceptors (Lipinski definition) is 5. The molecule has 6 nitrogen and oxygen atoms in total. The van der Waals surface area contributed by atoms with E-state index in [2.05, 4.69) is 58.4 Å². The molecule has 190 valence electrons. The van der Waals surface area contributed by atoms with Gasteiger partial charge in [0, 0.05) is 43.7 Å². The largest absolute Gasteiger partial charge is 0.497 e. The van der Waals surface area contributed by atoms with E-state index < -0.39 is 6.10 Å². The van der Waals surface area contributed by atoms with Crippen LogP contribution >= 0.6 is 0 Å². The van der Waals surface area contributed by atoms with E-state index in [0.29, 0.717) is 18.7 Å². The lowest BCUT2D eigenvalue weighted by atomic mass is 9.98. The number of likely N-dealkylation sites (tertiary alicyclic amines) is 1. The van der Waals surface area contributed by atoms with Crippen molar-refractivity contribution in [1.82, 2.24) is 14.8 Å². The molecule has 2 atom stereocenters. The predicted octanol–water partition coefficient (Wildman–Crippen LogP) is 4.97. The van der Waals surface area contributed by atoms with Crippen LogP contribution in [0.4, 0.5) is 0 Å². The van der Waals surface area contributed by atoms with E-state index >= 15 is 0 Å². The summed E-state index contributed by atoms with van der Waals surface area (Å²) in [6.45, 7) is 2.47. The van der Waals surface area contributed by atoms with Gasteiger partial charge in [-0.25, -0.2) is 0 Å². The third-order valence-corrected chi connectivity index (χ3v) is 7.20. The van der Waals surface area contributed by atoms with Crippen LogP contribution in [0.5, 0.6) is 5.75 Å². The maximum atomic E-state index is 13.3. The molecule has 0 bridgehead atoms. The molecule has 1 unspecified atom stereocenters. The summed E-state index contributed by atoms with van der Waals surface area (Å²) in [4.78, 5) is 21.9. The smallest absolute Gasteiger partial charge is 0.224 e. The number of methoxy groups -OCH3 is 1. The molecule has 1 aliphatic rings. The zero-order chi connectivity index (χ0) is 25.6. The Hall–Kier alpha value is -3.74. The Morgan fingerprint density at radius 2 is 1.68 bits per heavy atom. The minimum atomic E-state index is -0.803. The van der Waals surface area contributed by atoms with Gasteiger partial charge in [0.2, 0.25) is 5.91 Å². The van der Waals surface area contributed by atoms with Gasteiger partial charge in [-0.1, -0.05) is 60.7 Å². The fourth-order valence-electron chi connectivity index (χ4n) is 5.19. The Morgan fingerprint density at radius 3 is 2.30 bits per heavy atom. The molecule has 1 N–H and O–H groups in total. The molecule has 3 aromatic carbocycles. The molecule has 37 heavy (non-hydrogen) atoms. The number of carbonyl (C=O) groups is 1. The van der Waals surface area contributed by atoms with Crippen LogP contribution in [0.1, 0.15) is 35.6 Å². The van der Waals surface area contributed by atoms with Crippen molar-refractivity contribution in [3.63, 3.8) is 0 Å². The summed E-state index contributed by atoms with van der Waals surface area (Å²) in [5, 5.41) is 12.0. The molecular formula is C31H33N3O3. The number of hydrogen-bond donors (Lipinski definition) is 1. The highest BCUT2D eigenvalue weighted by Gasteiger charge is 2.31. The summed E-state index contributed by atoms with van der Waals surface area (Å²) in [6.07, 6.45) is 2.20. The molecule has 0 radical (unpaired) electrons. The predicted molar refractivity (Wildman–Crippen MR) is 145 cm³/mol. The summed E-state index contributed by atoms with van der Waals surface area (Å²) in [5.41, 5.74) is 4.03. The van der Waals surface area contributed by atoms with Crippen molar-refractivity contribution < 1.29 is 14.6 Å². The minimum Gasteiger partial charge on any atom is -0.497 e. The summed E-state index contributed by atoms with van der Waals surface area (Å²) >= 11 is 0. The highest BCUT2D eigenvalue weighted by atomic mass is 16.5. The lowest BCUT2D eigenvalue weighted by Crippen LogP contribution is -2.48. The molecule has 1 fully saturated rings. The van der Waals surface area contributed by atoms with Gasteiger partial charge in [-0.05, 0) is 47.4 Å². The molecular weight excluding hydrogens is 462 g/mol. The molecule has 2 heterocycles. The van der Waals surface area contributed by atoms with E-state index in [4.69, 9.17) is 4.74 Å². The van der Waals surface area contributed by atoms with E-state index in [1.807, 2.05) is 36.4 Å². The van der Waals surface area contributed by atoms with Crippen molar-refractivity contribution in [2.75, 3.05) is 20.2 Å². The molecule has 1 saturated heterocycles. The van der Waals surface area contributed by atoms with Gasteiger partial charge in [0.25, 0.3) is 0 Å². The van der Waals surface area contributed by atoms with Crippen molar-refractivity contribution >= 4 is 16.8 Å². The van der Waals surface area contributed by atoms with E-state index in [1.165, 1.54) is 11.1 Å². The first kappa shape index (κ1) is 24.9. The zero-order valence-electron chi connectivity index (χ0n) is 21.2. The topological polar surface area (TPSA) is 65.9 Å². The zero-order valence-corrected chi connectivity index (χ0v) is 21.2.